The van der Waals surface area contributed by atoms with Crippen molar-refractivity contribution >= 4 is 10.0 Å². The molecule has 0 unspecified atom stereocenters. The van der Waals surface area contributed by atoms with Crippen molar-refractivity contribution in [1.29, 1.82) is 0 Å². The highest BCUT2D eigenvalue weighted by Gasteiger charge is 2.36. The zero-order valence-electron chi connectivity index (χ0n) is 13.4. The average molecular weight is 349 g/mol. The van der Waals surface area contributed by atoms with Crippen molar-refractivity contribution in [1.82, 2.24) is 4.31 Å². The van der Waals surface area contributed by atoms with Crippen molar-refractivity contribution in [2.45, 2.75) is 25.6 Å². The van der Waals surface area contributed by atoms with Gasteiger partial charge in [-0.25, -0.2) is 12.8 Å². The highest BCUT2D eigenvalue weighted by atomic mass is 32.2. The SMILES string of the molecule is C[C@@H]1[C@H](c2ccccc2)OCCS(=O)(=O)N1Cc1cccc(F)c1. The average Bonchev–Trinajstić information content (AvgIpc) is 2.67. The summed E-state index contributed by atoms with van der Waals surface area (Å²) in [5, 5.41) is 0. The lowest BCUT2D eigenvalue weighted by atomic mass is 10.0. The van der Waals surface area contributed by atoms with Crippen LogP contribution in [0.4, 0.5) is 4.39 Å². The van der Waals surface area contributed by atoms with Crippen molar-refractivity contribution in [3.8, 4) is 0 Å². The summed E-state index contributed by atoms with van der Waals surface area (Å²) >= 11 is 0. The summed E-state index contributed by atoms with van der Waals surface area (Å²) in [6.45, 7) is 2.11. The quantitative estimate of drug-likeness (QED) is 0.855. The molecule has 3 rings (SSSR count). The molecule has 0 aliphatic carbocycles. The molecule has 0 saturated carbocycles. The number of hydrogen-bond donors (Lipinski definition) is 0. The van der Waals surface area contributed by atoms with E-state index in [4.69, 9.17) is 4.74 Å². The van der Waals surface area contributed by atoms with Gasteiger partial charge in [0, 0.05) is 6.54 Å². The molecule has 6 heteroatoms. The minimum absolute atomic E-state index is 0.0734. The van der Waals surface area contributed by atoms with Gasteiger partial charge in [0.15, 0.2) is 0 Å². The monoisotopic (exact) mass is 349 g/mol. The smallest absolute Gasteiger partial charge is 0.217 e. The summed E-state index contributed by atoms with van der Waals surface area (Å²) in [6.07, 6.45) is -0.350. The van der Waals surface area contributed by atoms with Crippen molar-refractivity contribution < 1.29 is 17.5 Å². The Morgan fingerprint density at radius 1 is 1.17 bits per heavy atom. The van der Waals surface area contributed by atoms with Gasteiger partial charge in [-0.1, -0.05) is 42.5 Å². The van der Waals surface area contributed by atoms with Crippen LogP contribution in [0, 0.1) is 5.82 Å². The second-order valence-corrected chi connectivity index (χ2v) is 7.97. The van der Waals surface area contributed by atoms with Gasteiger partial charge in [-0.2, -0.15) is 4.31 Å². The molecule has 128 valence electrons. The molecule has 4 nitrogen and oxygen atoms in total. The van der Waals surface area contributed by atoms with Crippen LogP contribution < -0.4 is 0 Å². The fourth-order valence-corrected chi connectivity index (χ4v) is 4.52. The van der Waals surface area contributed by atoms with Crippen molar-refractivity contribution in [2.75, 3.05) is 12.4 Å². The van der Waals surface area contributed by atoms with Gasteiger partial charge in [-0.05, 0) is 30.2 Å². The number of benzene rings is 2. The minimum atomic E-state index is -3.48. The van der Waals surface area contributed by atoms with Gasteiger partial charge in [-0.15, -0.1) is 0 Å². The molecular weight excluding hydrogens is 329 g/mol. The maximum atomic E-state index is 13.4. The van der Waals surface area contributed by atoms with Gasteiger partial charge in [-0.3, -0.25) is 0 Å². The second-order valence-electron chi connectivity index (χ2n) is 5.93. The van der Waals surface area contributed by atoms with Gasteiger partial charge in [0.1, 0.15) is 5.82 Å². The first-order chi connectivity index (χ1) is 11.5. The zero-order valence-corrected chi connectivity index (χ0v) is 14.2. The molecule has 1 fully saturated rings. The third-order valence-corrected chi connectivity index (χ3v) is 6.10. The number of halogens is 1. The minimum Gasteiger partial charge on any atom is -0.371 e. The van der Waals surface area contributed by atoms with Crippen LogP contribution in [0.3, 0.4) is 0 Å². The Kier molecular flexibility index (Phi) is 4.99. The van der Waals surface area contributed by atoms with E-state index in [0.717, 1.165) is 5.56 Å². The van der Waals surface area contributed by atoms with Gasteiger partial charge in [0.25, 0.3) is 0 Å². The van der Waals surface area contributed by atoms with Crippen LogP contribution in [-0.2, 0) is 21.3 Å². The molecular formula is C18H20FNO3S. The number of hydrogen-bond acceptors (Lipinski definition) is 3. The molecule has 0 spiro atoms. The lowest BCUT2D eigenvalue weighted by Crippen LogP contribution is -2.40. The third kappa shape index (κ3) is 3.66. The van der Waals surface area contributed by atoms with E-state index < -0.39 is 10.0 Å². The first kappa shape index (κ1) is 17.1. The van der Waals surface area contributed by atoms with E-state index in [2.05, 4.69) is 0 Å². The van der Waals surface area contributed by atoms with Crippen LogP contribution in [0.15, 0.2) is 54.6 Å². The van der Waals surface area contributed by atoms with E-state index in [9.17, 15) is 12.8 Å². The zero-order chi connectivity index (χ0) is 17.2. The molecule has 1 saturated heterocycles. The largest absolute Gasteiger partial charge is 0.371 e. The van der Waals surface area contributed by atoms with Crippen LogP contribution in [0.2, 0.25) is 0 Å². The summed E-state index contributed by atoms with van der Waals surface area (Å²) in [4.78, 5) is 0. The normalized spacial score (nSPS) is 24.4. The highest BCUT2D eigenvalue weighted by Crippen LogP contribution is 2.30. The summed E-state index contributed by atoms with van der Waals surface area (Å²) in [5.41, 5.74) is 1.56. The van der Waals surface area contributed by atoms with E-state index in [1.807, 2.05) is 37.3 Å². The summed E-state index contributed by atoms with van der Waals surface area (Å²) in [5.74, 6) is -0.445. The summed E-state index contributed by atoms with van der Waals surface area (Å²) in [7, 11) is -3.48. The first-order valence-corrected chi connectivity index (χ1v) is 9.49. The predicted molar refractivity (Wildman–Crippen MR) is 90.3 cm³/mol. The number of ether oxygens (including phenoxy) is 1. The third-order valence-electron chi connectivity index (χ3n) is 4.24. The van der Waals surface area contributed by atoms with Gasteiger partial charge >= 0.3 is 0 Å². The van der Waals surface area contributed by atoms with E-state index >= 15 is 0 Å². The van der Waals surface area contributed by atoms with E-state index in [-0.39, 0.29) is 36.9 Å². The van der Waals surface area contributed by atoms with Crippen molar-refractivity contribution in [3.05, 3.63) is 71.5 Å². The molecule has 0 bridgehead atoms. The molecule has 0 aromatic heterocycles. The van der Waals surface area contributed by atoms with Crippen LogP contribution in [0.5, 0.6) is 0 Å². The Morgan fingerprint density at radius 3 is 2.62 bits per heavy atom. The Bertz CT molecular complexity index is 795. The molecule has 0 amide bonds. The maximum Gasteiger partial charge on any atom is 0.217 e. The molecule has 2 atom stereocenters. The molecule has 2 aromatic rings. The lowest BCUT2D eigenvalue weighted by Gasteiger charge is -2.30. The Hall–Kier alpha value is -1.76. The lowest BCUT2D eigenvalue weighted by molar-refractivity contribution is 0.0269. The fourth-order valence-electron chi connectivity index (χ4n) is 3.02. The number of sulfonamides is 1. The standard InChI is InChI=1S/C18H20FNO3S/c1-14-18(16-7-3-2-4-8-16)23-10-11-24(21,22)20(14)13-15-6-5-9-17(19)12-15/h2-9,12,14,18H,10-11,13H2,1H3/t14-,18-/m1/s1. The Labute approximate surface area is 141 Å². The molecule has 0 radical (unpaired) electrons. The first-order valence-electron chi connectivity index (χ1n) is 7.88. The van der Waals surface area contributed by atoms with Crippen molar-refractivity contribution in [2.24, 2.45) is 0 Å². The molecule has 0 N–H and O–H groups in total. The van der Waals surface area contributed by atoms with Gasteiger partial charge < -0.3 is 4.74 Å². The topological polar surface area (TPSA) is 46.6 Å². The highest BCUT2D eigenvalue weighted by molar-refractivity contribution is 7.89. The fraction of sp³-hybridized carbons (Fsp3) is 0.333. The molecule has 2 aromatic carbocycles. The maximum absolute atomic E-state index is 13.4. The van der Waals surface area contributed by atoms with E-state index in [0.29, 0.717) is 5.56 Å². The molecule has 24 heavy (non-hydrogen) atoms. The number of nitrogens with zero attached hydrogens (tertiary/aromatic N) is 1. The van der Waals surface area contributed by atoms with Crippen LogP contribution in [-0.4, -0.2) is 31.1 Å². The summed E-state index contributed by atoms with van der Waals surface area (Å²) in [6, 6.07) is 15.2. The molecule has 1 aliphatic rings. The molecule has 1 heterocycles. The Balaban J connectivity index is 1.93. The van der Waals surface area contributed by atoms with Crippen LogP contribution >= 0.6 is 0 Å². The van der Waals surface area contributed by atoms with Gasteiger partial charge in [0.05, 0.1) is 24.5 Å². The second kappa shape index (κ2) is 7.01. The molecule has 1 aliphatic heterocycles. The van der Waals surface area contributed by atoms with E-state index in [1.165, 1.54) is 16.4 Å². The van der Waals surface area contributed by atoms with E-state index in [1.54, 1.807) is 12.1 Å². The van der Waals surface area contributed by atoms with Crippen LogP contribution in [0.25, 0.3) is 0 Å². The van der Waals surface area contributed by atoms with Crippen LogP contribution in [0.1, 0.15) is 24.2 Å². The van der Waals surface area contributed by atoms with Gasteiger partial charge in [0.2, 0.25) is 10.0 Å². The number of rotatable bonds is 3. The summed E-state index contributed by atoms with van der Waals surface area (Å²) < 4.78 is 46.0. The predicted octanol–water partition coefficient (Wildman–Crippen LogP) is 3.12. The van der Waals surface area contributed by atoms with Crippen molar-refractivity contribution in [3.63, 3.8) is 0 Å². The Morgan fingerprint density at radius 2 is 1.92 bits per heavy atom.